The second-order valence-electron chi connectivity index (χ2n) is 7.02. The van der Waals surface area contributed by atoms with Crippen LogP contribution in [0.3, 0.4) is 0 Å². The lowest BCUT2D eigenvalue weighted by atomic mass is 9.89. The van der Waals surface area contributed by atoms with Gasteiger partial charge in [0, 0.05) is 6.42 Å². The average Bonchev–Trinajstić information content (AvgIpc) is 2.67. The molecule has 1 fully saturated rings. The molecule has 1 aliphatic heterocycles. The van der Waals surface area contributed by atoms with Gasteiger partial charge in [0.15, 0.2) is 0 Å². The van der Waals surface area contributed by atoms with Crippen LogP contribution in [0.25, 0.3) is 0 Å². The fourth-order valence-corrected chi connectivity index (χ4v) is 3.63. The fourth-order valence-electron chi connectivity index (χ4n) is 3.63. The van der Waals surface area contributed by atoms with Crippen molar-refractivity contribution >= 4 is 0 Å². The molecule has 0 aromatic heterocycles. The normalized spacial score (nSPS) is 17.4. The summed E-state index contributed by atoms with van der Waals surface area (Å²) < 4.78 is 6.56. The molecule has 0 aliphatic carbocycles. The number of nitrogens with one attached hydrogen (secondary N) is 1. The number of hydrogen-bond donors (Lipinski definition) is 1. The van der Waals surface area contributed by atoms with E-state index in [4.69, 9.17) is 4.74 Å². The molecule has 1 unspecified atom stereocenters. The van der Waals surface area contributed by atoms with E-state index in [1.807, 2.05) is 7.05 Å². The zero-order valence-corrected chi connectivity index (χ0v) is 15.4. The minimum atomic E-state index is 0.0843. The molecular weight excluding hydrogens is 308 g/mol. The lowest BCUT2D eigenvalue weighted by molar-refractivity contribution is 0.188. The number of piperidine rings is 1. The van der Waals surface area contributed by atoms with E-state index in [-0.39, 0.29) is 6.10 Å². The molecule has 2 aromatic carbocycles. The summed E-state index contributed by atoms with van der Waals surface area (Å²) in [5.74, 6) is 1.66. The predicted molar refractivity (Wildman–Crippen MR) is 104 cm³/mol. The van der Waals surface area contributed by atoms with Gasteiger partial charge in [-0.3, -0.25) is 0 Å². The highest BCUT2D eigenvalue weighted by Gasteiger charge is 2.23. The van der Waals surface area contributed by atoms with E-state index in [1.165, 1.54) is 37.1 Å². The van der Waals surface area contributed by atoms with E-state index in [1.54, 1.807) is 0 Å². The first kappa shape index (κ1) is 18.0. The van der Waals surface area contributed by atoms with Crippen molar-refractivity contribution in [1.29, 1.82) is 0 Å². The molecule has 1 heterocycles. The minimum Gasteiger partial charge on any atom is -0.485 e. The molecule has 0 saturated carbocycles. The molecule has 0 bridgehead atoms. The van der Waals surface area contributed by atoms with Gasteiger partial charge in [-0.15, -0.1) is 0 Å². The summed E-state index contributed by atoms with van der Waals surface area (Å²) in [6.07, 6.45) is 3.47. The summed E-state index contributed by atoms with van der Waals surface area (Å²) in [5.41, 5.74) is 2.62. The summed E-state index contributed by atoms with van der Waals surface area (Å²) in [4.78, 5) is 2.42. The second-order valence-corrected chi connectivity index (χ2v) is 7.02. The Bertz CT molecular complexity index is 635. The number of nitrogens with zero attached hydrogens (tertiary/aromatic N) is 1. The van der Waals surface area contributed by atoms with E-state index >= 15 is 0 Å². The van der Waals surface area contributed by atoms with Crippen molar-refractivity contribution in [3.63, 3.8) is 0 Å². The maximum Gasteiger partial charge on any atom is 0.125 e. The molecule has 0 amide bonds. The van der Waals surface area contributed by atoms with Gasteiger partial charge in [-0.25, -0.2) is 0 Å². The van der Waals surface area contributed by atoms with E-state index in [0.717, 1.165) is 18.7 Å². The molecule has 1 aliphatic rings. The van der Waals surface area contributed by atoms with Crippen LogP contribution < -0.4 is 10.1 Å². The molecule has 0 radical (unpaired) electrons. The Morgan fingerprint density at radius 3 is 2.44 bits per heavy atom. The predicted octanol–water partition coefficient (Wildman–Crippen LogP) is 4.23. The van der Waals surface area contributed by atoms with Gasteiger partial charge in [0.25, 0.3) is 0 Å². The number of likely N-dealkylation sites (tertiary alicyclic amines) is 1. The Balaban J connectivity index is 1.80. The second kappa shape index (κ2) is 9.02. The van der Waals surface area contributed by atoms with Crippen LogP contribution in [0, 0.1) is 0 Å². The van der Waals surface area contributed by atoms with Crippen molar-refractivity contribution in [1.82, 2.24) is 10.2 Å². The zero-order valence-electron chi connectivity index (χ0n) is 15.4. The van der Waals surface area contributed by atoms with Crippen LogP contribution in [0.1, 0.15) is 42.4 Å². The number of rotatable bonds is 7. The summed E-state index contributed by atoms with van der Waals surface area (Å²) in [5, 5.41) is 3.25. The van der Waals surface area contributed by atoms with Crippen molar-refractivity contribution in [2.45, 2.75) is 31.3 Å². The average molecular weight is 338 g/mol. The quantitative estimate of drug-likeness (QED) is 0.818. The number of benzene rings is 2. The Morgan fingerprint density at radius 2 is 1.72 bits per heavy atom. The SMILES string of the molecule is CNCCC(Oc1ccccc1C1CCN(C)CC1)c1ccccc1. The van der Waals surface area contributed by atoms with Gasteiger partial charge >= 0.3 is 0 Å². The minimum absolute atomic E-state index is 0.0843. The van der Waals surface area contributed by atoms with Crippen LogP contribution in [0.5, 0.6) is 5.75 Å². The highest BCUT2D eigenvalue weighted by atomic mass is 16.5. The summed E-state index contributed by atoms with van der Waals surface area (Å²) >= 11 is 0. The summed E-state index contributed by atoms with van der Waals surface area (Å²) in [6, 6.07) is 19.2. The lowest BCUT2D eigenvalue weighted by Gasteiger charge is -2.31. The highest BCUT2D eigenvalue weighted by molar-refractivity contribution is 5.37. The first-order valence-corrected chi connectivity index (χ1v) is 9.41. The molecule has 3 nitrogen and oxygen atoms in total. The van der Waals surface area contributed by atoms with Gasteiger partial charge in [-0.05, 0) is 69.7 Å². The standard InChI is InChI=1S/C22H30N2O/c1-23-15-12-21(19-8-4-3-5-9-19)25-22-11-7-6-10-20(22)18-13-16-24(2)17-14-18/h3-11,18,21,23H,12-17H2,1-2H3. The van der Waals surface area contributed by atoms with Crippen LogP contribution >= 0.6 is 0 Å². The molecular formula is C22H30N2O. The topological polar surface area (TPSA) is 24.5 Å². The van der Waals surface area contributed by atoms with Crippen molar-refractivity contribution in [3.05, 3.63) is 65.7 Å². The van der Waals surface area contributed by atoms with E-state index in [0.29, 0.717) is 5.92 Å². The van der Waals surface area contributed by atoms with Crippen LogP contribution in [0.2, 0.25) is 0 Å². The van der Waals surface area contributed by atoms with Crippen LogP contribution in [-0.4, -0.2) is 38.6 Å². The van der Waals surface area contributed by atoms with Gasteiger partial charge in [-0.2, -0.15) is 0 Å². The van der Waals surface area contributed by atoms with Crippen molar-refractivity contribution in [3.8, 4) is 5.75 Å². The first-order chi connectivity index (χ1) is 12.3. The third-order valence-corrected chi connectivity index (χ3v) is 5.17. The van der Waals surface area contributed by atoms with Gasteiger partial charge in [0.05, 0.1) is 0 Å². The van der Waals surface area contributed by atoms with E-state index in [9.17, 15) is 0 Å². The third-order valence-electron chi connectivity index (χ3n) is 5.17. The Morgan fingerprint density at radius 1 is 1.04 bits per heavy atom. The summed E-state index contributed by atoms with van der Waals surface area (Å²) in [7, 11) is 4.20. The number of ether oxygens (including phenoxy) is 1. The van der Waals surface area contributed by atoms with E-state index in [2.05, 4.69) is 71.9 Å². The Labute approximate surface area is 152 Å². The van der Waals surface area contributed by atoms with Crippen molar-refractivity contribution < 1.29 is 4.74 Å². The molecule has 0 spiro atoms. The number of hydrogen-bond acceptors (Lipinski definition) is 3. The van der Waals surface area contributed by atoms with Gasteiger partial charge in [0.2, 0.25) is 0 Å². The highest BCUT2D eigenvalue weighted by Crippen LogP contribution is 2.36. The van der Waals surface area contributed by atoms with Crippen LogP contribution in [-0.2, 0) is 0 Å². The molecule has 1 atom stereocenters. The van der Waals surface area contributed by atoms with Gasteiger partial charge in [0.1, 0.15) is 11.9 Å². The Hall–Kier alpha value is -1.84. The monoisotopic (exact) mass is 338 g/mol. The molecule has 3 heteroatoms. The van der Waals surface area contributed by atoms with Crippen molar-refractivity contribution in [2.24, 2.45) is 0 Å². The van der Waals surface area contributed by atoms with Crippen molar-refractivity contribution in [2.75, 3.05) is 33.7 Å². The lowest BCUT2D eigenvalue weighted by Crippen LogP contribution is -2.29. The fraction of sp³-hybridized carbons (Fsp3) is 0.455. The Kier molecular flexibility index (Phi) is 6.48. The van der Waals surface area contributed by atoms with Gasteiger partial charge in [-0.1, -0.05) is 48.5 Å². The first-order valence-electron chi connectivity index (χ1n) is 9.41. The number of para-hydroxylation sites is 1. The molecule has 3 rings (SSSR count). The molecule has 25 heavy (non-hydrogen) atoms. The van der Waals surface area contributed by atoms with Crippen LogP contribution in [0.15, 0.2) is 54.6 Å². The molecule has 1 N–H and O–H groups in total. The molecule has 2 aromatic rings. The third kappa shape index (κ3) is 4.83. The zero-order chi connectivity index (χ0) is 17.5. The van der Waals surface area contributed by atoms with E-state index < -0.39 is 0 Å². The smallest absolute Gasteiger partial charge is 0.125 e. The van der Waals surface area contributed by atoms with Crippen LogP contribution in [0.4, 0.5) is 0 Å². The maximum absolute atomic E-state index is 6.56. The molecule has 1 saturated heterocycles. The van der Waals surface area contributed by atoms with Gasteiger partial charge < -0.3 is 15.0 Å². The largest absolute Gasteiger partial charge is 0.485 e. The summed E-state index contributed by atoms with van der Waals surface area (Å²) in [6.45, 7) is 3.28. The maximum atomic E-state index is 6.56. The molecule has 134 valence electrons.